The minimum Gasteiger partial charge on any atom is -0.508 e. The molecule has 0 aromatic heterocycles. The minimum atomic E-state index is -0.297. The molecule has 1 saturated carbocycles. The van der Waals surface area contributed by atoms with E-state index in [1.54, 1.807) is 18.2 Å². The van der Waals surface area contributed by atoms with Crippen molar-refractivity contribution in [3.05, 3.63) is 85.8 Å². The number of nitrogens with one attached hydrogen (secondary N) is 1. The maximum absolute atomic E-state index is 12.2. The number of ether oxygens (including phenoxy) is 1. The fourth-order valence-electron chi connectivity index (χ4n) is 4.08. The van der Waals surface area contributed by atoms with Gasteiger partial charge in [0.05, 0.1) is 0 Å². The van der Waals surface area contributed by atoms with Gasteiger partial charge in [-0.25, -0.2) is 0 Å². The number of hydrogen-bond acceptors (Lipinski definition) is 3. The Bertz CT molecular complexity index is 1170. The van der Waals surface area contributed by atoms with Gasteiger partial charge in [-0.05, 0) is 84.0 Å². The van der Waals surface area contributed by atoms with E-state index in [2.05, 4.69) is 69.2 Å². The van der Waals surface area contributed by atoms with Gasteiger partial charge in [-0.3, -0.25) is 4.79 Å². The monoisotopic (exact) mass is 585 g/mol. The van der Waals surface area contributed by atoms with Crippen molar-refractivity contribution in [2.45, 2.75) is 45.4 Å². The van der Waals surface area contributed by atoms with Gasteiger partial charge in [-0.15, -0.1) is 0 Å². The molecule has 1 aliphatic carbocycles. The molecule has 0 atom stereocenters. The lowest BCUT2D eigenvalue weighted by atomic mass is 9.90. The maximum Gasteiger partial charge on any atom is 0.262 e. The van der Waals surface area contributed by atoms with Crippen LogP contribution in [0.5, 0.6) is 11.5 Å². The number of carbonyl (C=O) groups is 1. The standard InChI is InChI=1S/C28H29Br2NO3/c1-17(2)24-11-19(8-9-20(24)10-18-6-7-18)12-25-26(29)14-23(15-27(25)30)34-16-28(33)31-21-4-3-5-22(32)13-21/h3-5,8-9,11,13-15,17-18,32H,6-7,10,12,16H2,1-2H3,(H,31,33). The fourth-order valence-corrected chi connectivity index (χ4v) is 5.50. The highest BCUT2D eigenvalue weighted by molar-refractivity contribution is 9.11. The van der Waals surface area contributed by atoms with Gasteiger partial charge in [-0.1, -0.05) is 70.0 Å². The molecule has 0 unspecified atom stereocenters. The quantitative estimate of drug-likeness (QED) is 0.271. The first-order valence-electron chi connectivity index (χ1n) is 11.6. The lowest BCUT2D eigenvalue weighted by molar-refractivity contribution is -0.118. The molecule has 0 radical (unpaired) electrons. The van der Waals surface area contributed by atoms with Gasteiger partial charge in [0.1, 0.15) is 11.5 Å². The maximum atomic E-state index is 12.2. The zero-order valence-corrected chi connectivity index (χ0v) is 22.6. The van der Waals surface area contributed by atoms with Crippen LogP contribution in [0, 0.1) is 5.92 Å². The highest BCUT2D eigenvalue weighted by Gasteiger charge is 2.23. The highest BCUT2D eigenvalue weighted by Crippen LogP contribution is 2.36. The highest BCUT2D eigenvalue weighted by atomic mass is 79.9. The predicted molar refractivity (Wildman–Crippen MR) is 144 cm³/mol. The summed E-state index contributed by atoms with van der Waals surface area (Å²) in [5, 5.41) is 12.2. The molecule has 6 heteroatoms. The van der Waals surface area contributed by atoms with Crippen molar-refractivity contribution in [2.24, 2.45) is 5.92 Å². The van der Waals surface area contributed by atoms with E-state index in [-0.39, 0.29) is 18.3 Å². The Kier molecular flexibility index (Phi) is 7.99. The summed E-state index contributed by atoms with van der Waals surface area (Å²) in [7, 11) is 0. The van der Waals surface area contributed by atoms with E-state index in [4.69, 9.17) is 4.74 Å². The molecule has 4 nitrogen and oxygen atoms in total. The topological polar surface area (TPSA) is 58.6 Å². The van der Waals surface area contributed by atoms with Gasteiger partial charge in [0.15, 0.2) is 6.61 Å². The van der Waals surface area contributed by atoms with Crippen LogP contribution in [-0.2, 0) is 17.6 Å². The van der Waals surface area contributed by atoms with Crippen LogP contribution >= 0.6 is 31.9 Å². The van der Waals surface area contributed by atoms with E-state index < -0.39 is 0 Å². The SMILES string of the molecule is CC(C)c1cc(Cc2c(Br)cc(OCC(=O)Nc3cccc(O)c3)cc2Br)ccc1CC1CC1. The second kappa shape index (κ2) is 11.0. The summed E-state index contributed by atoms with van der Waals surface area (Å²) >= 11 is 7.38. The van der Waals surface area contributed by atoms with Crippen LogP contribution in [0.4, 0.5) is 5.69 Å². The average Bonchev–Trinajstić information content (AvgIpc) is 3.59. The third-order valence-corrected chi connectivity index (χ3v) is 7.45. The van der Waals surface area contributed by atoms with E-state index in [1.807, 2.05) is 12.1 Å². The fraction of sp³-hybridized carbons (Fsp3) is 0.321. The molecule has 4 rings (SSSR count). The van der Waals surface area contributed by atoms with Crippen LogP contribution in [0.1, 0.15) is 54.9 Å². The molecule has 3 aromatic rings. The molecular weight excluding hydrogens is 558 g/mol. The van der Waals surface area contributed by atoms with Crippen molar-refractivity contribution in [1.82, 2.24) is 0 Å². The minimum absolute atomic E-state index is 0.0974. The molecule has 3 aromatic carbocycles. The molecule has 0 spiro atoms. The Hall–Kier alpha value is -2.31. The third kappa shape index (κ3) is 6.63. The summed E-state index contributed by atoms with van der Waals surface area (Å²) < 4.78 is 7.57. The zero-order valence-electron chi connectivity index (χ0n) is 19.4. The Morgan fingerprint density at radius 3 is 2.47 bits per heavy atom. The summed E-state index contributed by atoms with van der Waals surface area (Å²) in [5.41, 5.74) is 5.89. The molecule has 178 valence electrons. The van der Waals surface area contributed by atoms with Gasteiger partial charge in [0.25, 0.3) is 5.91 Å². The molecule has 0 saturated heterocycles. The van der Waals surface area contributed by atoms with E-state index in [0.717, 1.165) is 26.8 Å². The van der Waals surface area contributed by atoms with Crippen molar-refractivity contribution in [3.63, 3.8) is 0 Å². The number of amides is 1. The number of carbonyl (C=O) groups excluding carboxylic acids is 1. The van der Waals surface area contributed by atoms with E-state index in [0.29, 0.717) is 17.4 Å². The lowest BCUT2D eigenvalue weighted by Crippen LogP contribution is -2.20. The first-order valence-corrected chi connectivity index (χ1v) is 13.2. The molecule has 2 N–H and O–H groups in total. The molecule has 1 amide bonds. The second-order valence-corrected chi connectivity index (χ2v) is 11.0. The number of hydrogen-bond donors (Lipinski definition) is 2. The second-order valence-electron chi connectivity index (χ2n) is 9.26. The van der Waals surface area contributed by atoms with Crippen LogP contribution in [0.15, 0.2) is 63.5 Å². The van der Waals surface area contributed by atoms with Gasteiger partial charge >= 0.3 is 0 Å². The molecular formula is C28H29Br2NO3. The van der Waals surface area contributed by atoms with Crippen LogP contribution in [0.3, 0.4) is 0 Å². The number of phenols is 1. The van der Waals surface area contributed by atoms with Gasteiger partial charge in [-0.2, -0.15) is 0 Å². The van der Waals surface area contributed by atoms with Crippen molar-refractivity contribution in [3.8, 4) is 11.5 Å². The number of rotatable bonds is 9. The van der Waals surface area contributed by atoms with Crippen molar-refractivity contribution < 1.29 is 14.6 Å². The largest absolute Gasteiger partial charge is 0.508 e. The number of anilines is 1. The molecule has 1 aliphatic rings. The van der Waals surface area contributed by atoms with Crippen LogP contribution < -0.4 is 10.1 Å². The summed E-state index contributed by atoms with van der Waals surface area (Å²) in [6.07, 6.45) is 4.73. The Morgan fingerprint density at radius 1 is 1.09 bits per heavy atom. The number of aromatic hydroxyl groups is 1. The van der Waals surface area contributed by atoms with Crippen LogP contribution in [0.2, 0.25) is 0 Å². The van der Waals surface area contributed by atoms with E-state index in [9.17, 15) is 9.90 Å². The Balaban J connectivity index is 1.42. The molecule has 0 aliphatic heterocycles. The Labute approximate surface area is 218 Å². The van der Waals surface area contributed by atoms with Gasteiger partial charge in [0, 0.05) is 20.7 Å². The average molecular weight is 587 g/mol. The summed E-state index contributed by atoms with van der Waals surface area (Å²) in [5.74, 6) is 1.77. The molecule has 0 heterocycles. The molecule has 1 fully saturated rings. The molecule has 0 bridgehead atoms. The normalized spacial score (nSPS) is 13.2. The van der Waals surface area contributed by atoms with Gasteiger partial charge in [0.2, 0.25) is 0 Å². The third-order valence-electron chi connectivity index (χ3n) is 6.03. The predicted octanol–water partition coefficient (Wildman–Crippen LogP) is 7.60. The number of halogens is 2. The number of benzene rings is 3. The zero-order chi connectivity index (χ0) is 24.2. The van der Waals surface area contributed by atoms with E-state index in [1.165, 1.54) is 42.0 Å². The van der Waals surface area contributed by atoms with E-state index >= 15 is 0 Å². The number of phenolic OH excluding ortho intramolecular Hbond substituents is 1. The summed E-state index contributed by atoms with van der Waals surface area (Å²) in [4.78, 5) is 12.2. The molecule has 34 heavy (non-hydrogen) atoms. The summed E-state index contributed by atoms with van der Waals surface area (Å²) in [6.45, 7) is 4.41. The smallest absolute Gasteiger partial charge is 0.262 e. The summed E-state index contributed by atoms with van der Waals surface area (Å²) in [6, 6.07) is 17.1. The van der Waals surface area contributed by atoms with Crippen molar-refractivity contribution in [1.29, 1.82) is 0 Å². The van der Waals surface area contributed by atoms with Crippen molar-refractivity contribution in [2.75, 3.05) is 11.9 Å². The lowest BCUT2D eigenvalue weighted by Gasteiger charge is -2.16. The first-order chi connectivity index (χ1) is 16.3. The van der Waals surface area contributed by atoms with Gasteiger partial charge < -0.3 is 15.2 Å². The first kappa shape index (κ1) is 24.8. The Morgan fingerprint density at radius 2 is 1.82 bits per heavy atom. The van der Waals surface area contributed by atoms with Crippen LogP contribution in [-0.4, -0.2) is 17.6 Å². The van der Waals surface area contributed by atoms with Crippen LogP contribution in [0.25, 0.3) is 0 Å². The van der Waals surface area contributed by atoms with Crippen molar-refractivity contribution >= 4 is 43.5 Å².